The minimum Gasteiger partial charge on any atom is -0.497 e. The molecule has 0 saturated carbocycles. The van der Waals surface area contributed by atoms with Gasteiger partial charge in [0.05, 0.1) is 18.2 Å². The molecule has 3 aromatic rings. The molecule has 0 saturated heterocycles. The molecule has 2 N–H and O–H groups in total. The van der Waals surface area contributed by atoms with Gasteiger partial charge in [0.15, 0.2) is 0 Å². The van der Waals surface area contributed by atoms with Crippen molar-refractivity contribution in [2.75, 3.05) is 12.8 Å². The van der Waals surface area contributed by atoms with E-state index in [1.807, 2.05) is 54.0 Å². The van der Waals surface area contributed by atoms with E-state index in [0.717, 1.165) is 22.2 Å². The lowest BCUT2D eigenvalue weighted by Crippen LogP contribution is -1.98. The summed E-state index contributed by atoms with van der Waals surface area (Å²) in [5, 5.41) is 10.5. The highest BCUT2D eigenvalue weighted by Gasteiger charge is 2.15. The topological polar surface area (TPSA) is 64.0 Å². The summed E-state index contributed by atoms with van der Waals surface area (Å²) in [6.07, 6.45) is 0. The number of aromatic nitrogens is 1. The molecule has 1 aromatic heterocycles. The summed E-state index contributed by atoms with van der Waals surface area (Å²) in [4.78, 5) is 0. The molecule has 0 radical (unpaired) electrons. The zero-order chi connectivity index (χ0) is 17.1. The molecule has 0 bridgehead atoms. The Bertz CT molecular complexity index is 1010. The van der Waals surface area contributed by atoms with Crippen molar-refractivity contribution in [1.29, 1.82) is 5.26 Å². The SMILES string of the molecule is CCn1c(C#Cc2ccccc2N)c(C#N)c2ccc(OC)cc21. The van der Waals surface area contributed by atoms with E-state index in [1.165, 1.54) is 0 Å². The van der Waals surface area contributed by atoms with Crippen LogP contribution in [0.15, 0.2) is 42.5 Å². The number of rotatable bonds is 2. The fraction of sp³-hybridized carbons (Fsp3) is 0.150. The van der Waals surface area contributed by atoms with Crippen molar-refractivity contribution in [2.45, 2.75) is 13.5 Å². The summed E-state index contributed by atoms with van der Waals surface area (Å²) in [6, 6.07) is 15.4. The molecule has 4 heteroatoms. The average molecular weight is 315 g/mol. The molecule has 3 rings (SSSR count). The average Bonchev–Trinajstić information content (AvgIpc) is 2.92. The predicted octanol–water partition coefficient (Wildman–Crippen LogP) is 3.52. The van der Waals surface area contributed by atoms with E-state index in [4.69, 9.17) is 10.5 Å². The molecule has 118 valence electrons. The molecular formula is C20H17N3O. The zero-order valence-corrected chi connectivity index (χ0v) is 13.6. The molecule has 0 aliphatic heterocycles. The van der Waals surface area contributed by atoms with Crippen molar-refractivity contribution in [1.82, 2.24) is 4.57 Å². The second-order valence-electron chi connectivity index (χ2n) is 5.30. The lowest BCUT2D eigenvalue weighted by atomic mass is 10.1. The van der Waals surface area contributed by atoms with E-state index in [0.29, 0.717) is 23.5 Å². The highest BCUT2D eigenvalue weighted by Crippen LogP contribution is 2.29. The van der Waals surface area contributed by atoms with Gasteiger partial charge in [-0.3, -0.25) is 0 Å². The Kier molecular flexibility index (Phi) is 4.14. The minimum absolute atomic E-state index is 0.580. The number of hydrogen-bond donors (Lipinski definition) is 1. The predicted molar refractivity (Wildman–Crippen MR) is 95.7 cm³/mol. The maximum Gasteiger partial charge on any atom is 0.120 e. The van der Waals surface area contributed by atoms with Gasteiger partial charge >= 0.3 is 0 Å². The number of nitriles is 1. The van der Waals surface area contributed by atoms with Crippen LogP contribution in [-0.4, -0.2) is 11.7 Å². The van der Waals surface area contributed by atoms with Crippen molar-refractivity contribution in [2.24, 2.45) is 0 Å². The maximum atomic E-state index is 9.62. The van der Waals surface area contributed by atoms with E-state index in [2.05, 4.69) is 17.9 Å². The molecule has 0 spiro atoms. The molecule has 2 aromatic carbocycles. The minimum atomic E-state index is 0.580. The lowest BCUT2D eigenvalue weighted by Gasteiger charge is -2.04. The number of methoxy groups -OCH3 is 1. The molecule has 4 nitrogen and oxygen atoms in total. The fourth-order valence-corrected chi connectivity index (χ4v) is 2.77. The number of fused-ring (bicyclic) bond motifs is 1. The van der Waals surface area contributed by atoms with Crippen LogP contribution in [0.1, 0.15) is 23.7 Å². The van der Waals surface area contributed by atoms with Crippen molar-refractivity contribution in [3.05, 3.63) is 59.3 Å². The quantitative estimate of drug-likeness (QED) is 0.581. The highest BCUT2D eigenvalue weighted by molar-refractivity contribution is 5.90. The van der Waals surface area contributed by atoms with Crippen molar-refractivity contribution in [3.8, 4) is 23.7 Å². The molecule has 1 heterocycles. The number of hydrogen-bond acceptors (Lipinski definition) is 3. The van der Waals surface area contributed by atoms with Gasteiger partial charge in [-0.2, -0.15) is 5.26 Å². The van der Waals surface area contributed by atoms with Gasteiger partial charge in [0, 0.05) is 29.2 Å². The number of ether oxygens (including phenoxy) is 1. The number of nitrogens with two attached hydrogens (primary N) is 1. The second kappa shape index (κ2) is 6.40. The fourth-order valence-electron chi connectivity index (χ4n) is 2.77. The Morgan fingerprint density at radius 1 is 1.17 bits per heavy atom. The molecule has 0 amide bonds. The summed E-state index contributed by atoms with van der Waals surface area (Å²) in [7, 11) is 1.63. The van der Waals surface area contributed by atoms with Gasteiger partial charge in [-0.25, -0.2) is 0 Å². The van der Waals surface area contributed by atoms with E-state index in [9.17, 15) is 5.26 Å². The van der Waals surface area contributed by atoms with Crippen LogP contribution in [0, 0.1) is 23.2 Å². The first-order chi connectivity index (χ1) is 11.7. The first-order valence-corrected chi connectivity index (χ1v) is 7.66. The monoisotopic (exact) mass is 315 g/mol. The summed E-state index contributed by atoms with van der Waals surface area (Å²) in [6.45, 7) is 2.74. The Balaban J connectivity index is 2.25. The molecule has 0 fully saturated rings. The molecule has 0 unspecified atom stereocenters. The summed E-state index contributed by atoms with van der Waals surface area (Å²) < 4.78 is 7.33. The number of benzene rings is 2. The van der Waals surface area contributed by atoms with Crippen molar-refractivity contribution in [3.63, 3.8) is 0 Å². The third kappa shape index (κ3) is 2.55. The van der Waals surface area contributed by atoms with Crippen LogP contribution in [0.3, 0.4) is 0 Å². The standard InChI is InChI=1S/C20H17N3O/c1-3-23-19(11-8-14-6-4-5-7-18(14)22)17(13-21)16-10-9-15(24-2)12-20(16)23/h4-7,9-10,12H,3,22H2,1-2H3. The Morgan fingerprint density at radius 2 is 1.96 bits per heavy atom. The Labute approximate surface area is 141 Å². The van der Waals surface area contributed by atoms with E-state index in [-0.39, 0.29) is 0 Å². The van der Waals surface area contributed by atoms with Crippen LogP contribution in [0.2, 0.25) is 0 Å². The number of nitrogens with zero attached hydrogens (tertiary/aromatic N) is 2. The largest absolute Gasteiger partial charge is 0.497 e. The molecule has 0 atom stereocenters. The number of para-hydroxylation sites is 1. The molecule has 24 heavy (non-hydrogen) atoms. The van der Waals surface area contributed by atoms with Crippen LogP contribution in [-0.2, 0) is 6.54 Å². The van der Waals surface area contributed by atoms with Gasteiger partial charge in [0.25, 0.3) is 0 Å². The third-order valence-corrected chi connectivity index (χ3v) is 3.98. The van der Waals surface area contributed by atoms with Gasteiger partial charge in [-0.15, -0.1) is 0 Å². The summed E-state index contributed by atoms with van der Waals surface area (Å²) in [5.74, 6) is 6.98. The van der Waals surface area contributed by atoms with Crippen LogP contribution in [0.5, 0.6) is 5.75 Å². The van der Waals surface area contributed by atoms with Gasteiger partial charge < -0.3 is 15.0 Å². The van der Waals surface area contributed by atoms with Crippen LogP contribution in [0.4, 0.5) is 5.69 Å². The Morgan fingerprint density at radius 3 is 2.62 bits per heavy atom. The lowest BCUT2D eigenvalue weighted by molar-refractivity contribution is 0.415. The van der Waals surface area contributed by atoms with Crippen LogP contribution < -0.4 is 10.5 Å². The number of anilines is 1. The normalized spacial score (nSPS) is 10.0. The van der Waals surface area contributed by atoms with Crippen LogP contribution >= 0.6 is 0 Å². The zero-order valence-electron chi connectivity index (χ0n) is 13.6. The second-order valence-corrected chi connectivity index (χ2v) is 5.30. The first kappa shape index (κ1) is 15.5. The Hall–Kier alpha value is -3.37. The summed E-state index contributed by atoms with van der Waals surface area (Å²) >= 11 is 0. The molecule has 0 aliphatic rings. The van der Waals surface area contributed by atoms with Gasteiger partial charge in [0.1, 0.15) is 17.5 Å². The summed E-state index contributed by atoms with van der Waals surface area (Å²) in [5.41, 5.74) is 9.56. The van der Waals surface area contributed by atoms with Gasteiger partial charge in [-0.1, -0.05) is 18.1 Å². The highest BCUT2D eigenvalue weighted by atomic mass is 16.5. The smallest absolute Gasteiger partial charge is 0.120 e. The van der Waals surface area contributed by atoms with Crippen LogP contribution in [0.25, 0.3) is 10.9 Å². The van der Waals surface area contributed by atoms with Crippen molar-refractivity contribution >= 4 is 16.6 Å². The molecular weight excluding hydrogens is 298 g/mol. The molecule has 0 aliphatic carbocycles. The maximum absolute atomic E-state index is 9.62. The van der Waals surface area contributed by atoms with E-state index < -0.39 is 0 Å². The number of aryl methyl sites for hydroxylation is 1. The first-order valence-electron chi connectivity index (χ1n) is 7.66. The van der Waals surface area contributed by atoms with E-state index >= 15 is 0 Å². The third-order valence-electron chi connectivity index (χ3n) is 3.98. The van der Waals surface area contributed by atoms with E-state index in [1.54, 1.807) is 7.11 Å². The van der Waals surface area contributed by atoms with Gasteiger partial charge in [0.2, 0.25) is 0 Å². The van der Waals surface area contributed by atoms with Crippen molar-refractivity contribution < 1.29 is 4.74 Å². The number of nitrogen functional groups attached to an aromatic ring is 1. The van der Waals surface area contributed by atoms with Gasteiger partial charge in [-0.05, 0) is 37.1 Å².